The molecule has 5 heteroatoms. The Hall–Kier alpha value is -2.55. The lowest BCUT2D eigenvalue weighted by Crippen LogP contribution is -2.24. The number of nitriles is 1. The number of ether oxygens (including phenoxy) is 1. The van der Waals surface area contributed by atoms with E-state index in [1.54, 1.807) is 36.4 Å². The van der Waals surface area contributed by atoms with Gasteiger partial charge in [0.05, 0.1) is 24.8 Å². The number of likely N-dealkylation sites (N-methyl/N-ethyl adjacent to an activating group) is 1. The molecule has 2 aromatic carbocycles. The van der Waals surface area contributed by atoms with Crippen molar-refractivity contribution in [2.75, 3.05) is 20.7 Å². The lowest BCUT2D eigenvalue weighted by atomic mass is 10.1. The van der Waals surface area contributed by atoms with Gasteiger partial charge < -0.3 is 14.9 Å². The number of phenolic OH excluding ortho intramolecular Hbond substituents is 1. The molecule has 0 saturated heterocycles. The van der Waals surface area contributed by atoms with E-state index in [1.165, 1.54) is 7.11 Å². The van der Waals surface area contributed by atoms with Gasteiger partial charge in [0.15, 0.2) is 11.5 Å². The van der Waals surface area contributed by atoms with Gasteiger partial charge in [-0.05, 0) is 42.4 Å². The monoisotopic (exact) mass is 312 g/mol. The van der Waals surface area contributed by atoms with Gasteiger partial charge in [0.25, 0.3) is 0 Å². The van der Waals surface area contributed by atoms with Crippen molar-refractivity contribution in [3.8, 4) is 17.6 Å². The summed E-state index contributed by atoms with van der Waals surface area (Å²) in [5.74, 6) is 0.542. The molecule has 0 amide bonds. The zero-order valence-electron chi connectivity index (χ0n) is 13.2. The minimum atomic E-state index is -0.639. The lowest BCUT2D eigenvalue weighted by Gasteiger charge is -2.21. The van der Waals surface area contributed by atoms with E-state index in [2.05, 4.69) is 6.07 Å². The van der Waals surface area contributed by atoms with Crippen molar-refractivity contribution in [3.05, 3.63) is 59.2 Å². The van der Waals surface area contributed by atoms with Crippen LogP contribution in [-0.4, -0.2) is 35.8 Å². The molecule has 0 saturated carbocycles. The average Bonchev–Trinajstić information content (AvgIpc) is 2.55. The average molecular weight is 312 g/mol. The second-order valence-corrected chi connectivity index (χ2v) is 5.45. The number of methoxy groups -OCH3 is 1. The van der Waals surface area contributed by atoms with Crippen LogP contribution in [0.5, 0.6) is 11.5 Å². The summed E-state index contributed by atoms with van der Waals surface area (Å²) in [6.45, 7) is 1.03. The van der Waals surface area contributed by atoms with Gasteiger partial charge >= 0.3 is 0 Å². The molecule has 0 bridgehead atoms. The van der Waals surface area contributed by atoms with Gasteiger partial charge in [-0.2, -0.15) is 5.26 Å². The zero-order valence-corrected chi connectivity index (χ0v) is 13.2. The van der Waals surface area contributed by atoms with Crippen LogP contribution in [0.2, 0.25) is 0 Å². The number of aliphatic hydroxyl groups excluding tert-OH is 1. The minimum absolute atomic E-state index is 0.103. The molecule has 0 aliphatic carbocycles. The van der Waals surface area contributed by atoms with Gasteiger partial charge in [-0.1, -0.05) is 18.2 Å². The van der Waals surface area contributed by atoms with E-state index in [0.29, 0.717) is 24.4 Å². The number of phenols is 1. The van der Waals surface area contributed by atoms with Crippen LogP contribution in [-0.2, 0) is 6.54 Å². The molecular formula is C18H20N2O3. The third-order valence-corrected chi connectivity index (χ3v) is 3.60. The first-order valence-corrected chi connectivity index (χ1v) is 7.26. The molecule has 0 heterocycles. The summed E-state index contributed by atoms with van der Waals surface area (Å²) >= 11 is 0. The van der Waals surface area contributed by atoms with Crippen LogP contribution in [0.4, 0.5) is 0 Å². The van der Waals surface area contributed by atoms with Gasteiger partial charge in [-0.3, -0.25) is 4.90 Å². The Morgan fingerprint density at radius 2 is 1.91 bits per heavy atom. The maximum absolute atomic E-state index is 10.3. The number of benzene rings is 2. The molecule has 0 radical (unpaired) electrons. The Kier molecular flexibility index (Phi) is 5.58. The van der Waals surface area contributed by atoms with Gasteiger partial charge in [0.2, 0.25) is 0 Å². The third-order valence-electron chi connectivity index (χ3n) is 3.60. The quantitative estimate of drug-likeness (QED) is 0.857. The number of aromatic hydroxyl groups is 1. The van der Waals surface area contributed by atoms with Crippen LogP contribution in [0.1, 0.15) is 22.8 Å². The first kappa shape index (κ1) is 16.8. The zero-order chi connectivity index (χ0) is 16.8. The highest BCUT2D eigenvalue weighted by atomic mass is 16.5. The molecule has 0 fully saturated rings. The van der Waals surface area contributed by atoms with Crippen LogP contribution in [0.15, 0.2) is 42.5 Å². The van der Waals surface area contributed by atoms with Gasteiger partial charge in [-0.15, -0.1) is 0 Å². The summed E-state index contributed by atoms with van der Waals surface area (Å²) in [5.41, 5.74) is 2.27. The van der Waals surface area contributed by atoms with E-state index in [4.69, 9.17) is 10.00 Å². The topological polar surface area (TPSA) is 76.7 Å². The molecule has 0 aliphatic heterocycles. The summed E-state index contributed by atoms with van der Waals surface area (Å²) in [7, 11) is 3.41. The highest BCUT2D eigenvalue weighted by Crippen LogP contribution is 2.26. The molecular weight excluding hydrogens is 292 g/mol. The van der Waals surface area contributed by atoms with Crippen LogP contribution < -0.4 is 4.74 Å². The maximum Gasteiger partial charge on any atom is 0.160 e. The molecule has 0 aliphatic rings. The number of nitrogens with zero attached hydrogens (tertiary/aromatic N) is 2. The molecule has 120 valence electrons. The summed E-state index contributed by atoms with van der Waals surface area (Å²) in [6, 6.07) is 14.2. The Morgan fingerprint density at radius 3 is 2.48 bits per heavy atom. The number of aliphatic hydroxyl groups is 1. The lowest BCUT2D eigenvalue weighted by molar-refractivity contribution is 0.124. The summed E-state index contributed by atoms with van der Waals surface area (Å²) < 4.78 is 5.02. The van der Waals surface area contributed by atoms with Crippen molar-refractivity contribution in [1.82, 2.24) is 4.90 Å². The fourth-order valence-corrected chi connectivity index (χ4v) is 2.39. The molecule has 0 spiro atoms. The predicted molar refractivity (Wildman–Crippen MR) is 87.1 cm³/mol. The Morgan fingerprint density at radius 1 is 1.22 bits per heavy atom. The Labute approximate surface area is 136 Å². The number of hydrogen-bond acceptors (Lipinski definition) is 5. The normalized spacial score (nSPS) is 12.0. The summed E-state index contributed by atoms with van der Waals surface area (Å²) in [6.07, 6.45) is -0.639. The first-order chi connectivity index (χ1) is 11.0. The predicted octanol–water partition coefficient (Wildman–Crippen LogP) is 2.44. The molecule has 1 unspecified atom stereocenters. The molecule has 2 rings (SSSR count). The minimum Gasteiger partial charge on any atom is -0.504 e. The molecule has 1 atom stereocenters. The van der Waals surface area contributed by atoms with Crippen LogP contribution >= 0.6 is 0 Å². The van der Waals surface area contributed by atoms with E-state index >= 15 is 0 Å². The fourth-order valence-electron chi connectivity index (χ4n) is 2.39. The van der Waals surface area contributed by atoms with Gasteiger partial charge in [0.1, 0.15) is 0 Å². The molecule has 2 N–H and O–H groups in total. The van der Waals surface area contributed by atoms with Crippen LogP contribution in [0, 0.1) is 11.3 Å². The smallest absolute Gasteiger partial charge is 0.160 e. The summed E-state index contributed by atoms with van der Waals surface area (Å²) in [5, 5.41) is 28.9. The first-order valence-electron chi connectivity index (χ1n) is 7.26. The van der Waals surface area contributed by atoms with Crippen molar-refractivity contribution in [2.45, 2.75) is 12.6 Å². The van der Waals surface area contributed by atoms with E-state index in [1.807, 2.05) is 18.0 Å². The second-order valence-electron chi connectivity index (χ2n) is 5.45. The highest BCUT2D eigenvalue weighted by molar-refractivity contribution is 5.41. The highest BCUT2D eigenvalue weighted by Gasteiger charge is 2.12. The molecule has 0 aromatic heterocycles. The van der Waals surface area contributed by atoms with Gasteiger partial charge in [-0.25, -0.2) is 0 Å². The molecule has 5 nitrogen and oxygen atoms in total. The van der Waals surface area contributed by atoms with Gasteiger partial charge in [0, 0.05) is 13.1 Å². The molecule has 2 aromatic rings. The van der Waals surface area contributed by atoms with Crippen molar-refractivity contribution in [3.63, 3.8) is 0 Å². The van der Waals surface area contributed by atoms with Crippen molar-refractivity contribution < 1.29 is 14.9 Å². The van der Waals surface area contributed by atoms with Crippen molar-refractivity contribution in [2.24, 2.45) is 0 Å². The molecule has 23 heavy (non-hydrogen) atoms. The fraction of sp³-hybridized carbons (Fsp3) is 0.278. The van der Waals surface area contributed by atoms with E-state index in [0.717, 1.165) is 11.1 Å². The van der Waals surface area contributed by atoms with Crippen molar-refractivity contribution >= 4 is 0 Å². The Balaban J connectivity index is 1.96. The number of rotatable bonds is 6. The second kappa shape index (κ2) is 7.63. The summed E-state index contributed by atoms with van der Waals surface area (Å²) in [4.78, 5) is 1.96. The van der Waals surface area contributed by atoms with Crippen LogP contribution in [0.3, 0.4) is 0 Å². The number of hydrogen-bond donors (Lipinski definition) is 2. The Bertz CT molecular complexity index is 692. The van der Waals surface area contributed by atoms with Crippen molar-refractivity contribution in [1.29, 1.82) is 5.26 Å². The van der Waals surface area contributed by atoms with Crippen LogP contribution in [0.25, 0.3) is 0 Å². The SMILES string of the molecule is COc1ccc(CN(C)CC(O)c2ccc(C#N)cc2)cc1O. The van der Waals surface area contributed by atoms with E-state index in [-0.39, 0.29) is 5.75 Å². The maximum atomic E-state index is 10.3. The van der Waals surface area contributed by atoms with E-state index in [9.17, 15) is 10.2 Å². The largest absolute Gasteiger partial charge is 0.504 e. The van der Waals surface area contributed by atoms with E-state index < -0.39 is 6.10 Å². The standard InChI is InChI=1S/C18H20N2O3/c1-20(11-14-5-8-18(23-2)16(21)9-14)12-17(22)15-6-3-13(10-19)4-7-15/h3-9,17,21-22H,11-12H2,1-2H3. The third kappa shape index (κ3) is 4.46.